The maximum atomic E-state index is 11.3. The molecule has 1 aromatic carbocycles. The first-order chi connectivity index (χ1) is 7.95. The second-order valence-electron chi connectivity index (χ2n) is 3.49. The van der Waals surface area contributed by atoms with Gasteiger partial charge in [0.2, 0.25) is 0 Å². The van der Waals surface area contributed by atoms with Crippen molar-refractivity contribution in [3.63, 3.8) is 0 Å². The van der Waals surface area contributed by atoms with Crippen molar-refractivity contribution in [1.29, 1.82) is 0 Å². The van der Waals surface area contributed by atoms with Crippen LogP contribution < -0.4 is 5.73 Å². The maximum Gasteiger partial charge on any atom is 0.323 e. The Balaban J connectivity index is 2.81. The second kappa shape index (κ2) is 5.75. The lowest BCUT2D eigenvalue weighted by Gasteiger charge is -2.12. The molecule has 0 heterocycles. The molecule has 94 valence electrons. The minimum Gasteiger partial charge on any atom is -0.508 e. The molecule has 1 aromatic rings. The highest BCUT2D eigenvalue weighted by Gasteiger charge is 2.18. The molecule has 1 rings (SSSR count). The van der Waals surface area contributed by atoms with E-state index in [9.17, 15) is 15.0 Å². The van der Waals surface area contributed by atoms with Gasteiger partial charge in [0.05, 0.1) is 11.6 Å². The Bertz CT molecular complexity index is 422. The van der Waals surface area contributed by atoms with Gasteiger partial charge in [0.15, 0.2) is 0 Å². The molecule has 0 spiro atoms. The third kappa shape index (κ3) is 3.51. The van der Waals surface area contributed by atoms with E-state index in [0.717, 1.165) is 0 Å². The Morgan fingerprint density at radius 1 is 1.47 bits per heavy atom. The van der Waals surface area contributed by atoms with Crippen molar-refractivity contribution >= 4 is 17.6 Å². The third-order valence-corrected chi connectivity index (χ3v) is 2.48. The number of nitrogens with two attached hydrogens (primary N) is 1. The molecule has 0 aliphatic rings. The number of esters is 1. The summed E-state index contributed by atoms with van der Waals surface area (Å²) in [6.07, 6.45) is 0.0649. The molecule has 17 heavy (non-hydrogen) atoms. The fourth-order valence-electron chi connectivity index (χ4n) is 1.33. The zero-order valence-electron chi connectivity index (χ0n) is 9.31. The van der Waals surface area contributed by atoms with Crippen molar-refractivity contribution in [3.8, 4) is 11.5 Å². The average molecular weight is 260 g/mol. The van der Waals surface area contributed by atoms with Crippen LogP contribution in [0.3, 0.4) is 0 Å². The van der Waals surface area contributed by atoms with Gasteiger partial charge >= 0.3 is 5.97 Å². The van der Waals surface area contributed by atoms with Crippen LogP contribution in [0.1, 0.15) is 12.5 Å². The zero-order valence-corrected chi connectivity index (χ0v) is 10.1. The van der Waals surface area contributed by atoms with Crippen molar-refractivity contribution in [2.75, 3.05) is 6.61 Å². The lowest BCUT2D eigenvalue weighted by atomic mass is 10.1. The van der Waals surface area contributed by atoms with E-state index >= 15 is 0 Å². The number of hydrogen-bond acceptors (Lipinski definition) is 5. The number of aromatic hydroxyl groups is 2. The minimum atomic E-state index is -0.888. The number of hydrogen-bond donors (Lipinski definition) is 3. The predicted molar refractivity (Wildman–Crippen MR) is 63.1 cm³/mol. The van der Waals surface area contributed by atoms with Gasteiger partial charge in [-0.3, -0.25) is 4.79 Å². The molecule has 0 aromatic heterocycles. The molecule has 5 nitrogen and oxygen atoms in total. The molecule has 0 bridgehead atoms. The van der Waals surface area contributed by atoms with Crippen LogP contribution in [0.4, 0.5) is 0 Å². The number of ether oxygens (including phenoxy) is 1. The predicted octanol–water partition coefficient (Wildman–Crippen LogP) is 1.18. The SMILES string of the molecule is CCOC(=O)[C@@H](N)Cc1cc(O)c(Cl)cc1O. The number of carbonyl (C=O) groups is 1. The Hall–Kier alpha value is -1.46. The van der Waals surface area contributed by atoms with Gasteiger partial charge in [-0.25, -0.2) is 0 Å². The normalized spacial score (nSPS) is 12.2. The molecular weight excluding hydrogens is 246 g/mol. The standard InChI is InChI=1S/C11H14ClNO4/c1-2-17-11(16)8(13)3-6-4-10(15)7(12)5-9(6)14/h4-5,8,14-15H,2-3,13H2,1H3/t8-/m0/s1. The third-order valence-electron chi connectivity index (χ3n) is 2.18. The zero-order chi connectivity index (χ0) is 13.0. The van der Waals surface area contributed by atoms with E-state index in [2.05, 4.69) is 0 Å². The van der Waals surface area contributed by atoms with Crippen LogP contribution in [0, 0.1) is 0 Å². The minimum absolute atomic E-state index is 0.0379. The Kier molecular flexibility index (Phi) is 4.60. The van der Waals surface area contributed by atoms with Gasteiger partial charge in [0, 0.05) is 12.5 Å². The first-order valence-corrected chi connectivity index (χ1v) is 5.46. The van der Waals surface area contributed by atoms with Gasteiger partial charge in [-0.05, 0) is 18.6 Å². The molecule has 0 aliphatic carbocycles. The summed E-state index contributed by atoms with van der Waals surface area (Å²) in [4.78, 5) is 11.3. The van der Waals surface area contributed by atoms with E-state index in [0.29, 0.717) is 5.56 Å². The van der Waals surface area contributed by atoms with E-state index in [1.807, 2.05) is 0 Å². The van der Waals surface area contributed by atoms with Crippen molar-refractivity contribution in [1.82, 2.24) is 0 Å². The van der Waals surface area contributed by atoms with Gasteiger partial charge in [0.25, 0.3) is 0 Å². The van der Waals surface area contributed by atoms with Crippen LogP contribution in [-0.2, 0) is 16.0 Å². The fourth-order valence-corrected chi connectivity index (χ4v) is 1.49. The van der Waals surface area contributed by atoms with Gasteiger partial charge in [0.1, 0.15) is 17.5 Å². The Morgan fingerprint density at radius 2 is 2.12 bits per heavy atom. The molecule has 4 N–H and O–H groups in total. The summed E-state index contributed by atoms with van der Waals surface area (Å²) in [5, 5.41) is 19.0. The van der Waals surface area contributed by atoms with Crippen molar-refractivity contribution in [3.05, 3.63) is 22.7 Å². The van der Waals surface area contributed by atoms with Gasteiger partial charge in [-0.2, -0.15) is 0 Å². The Morgan fingerprint density at radius 3 is 2.71 bits per heavy atom. The molecule has 0 saturated carbocycles. The van der Waals surface area contributed by atoms with Gasteiger partial charge < -0.3 is 20.7 Å². The highest BCUT2D eigenvalue weighted by atomic mass is 35.5. The largest absolute Gasteiger partial charge is 0.508 e. The van der Waals surface area contributed by atoms with E-state index in [1.54, 1.807) is 6.92 Å². The van der Waals surface area contributed by atoms with Gasteiger partial charge in [-0.15, -0.1) is 0 Å². The smallest absolute Gasteiger partial charge is 0.323 e. The van der Waals surface area contributed by atoms with Crippen LogP contribution >= 0.6 is 11.6 Å². The lowest BCUT2D eigenvalue weighted by molar-refractivity contribution is -0.144. The van der Waals surface area contributed by atoms with E-state index in [-0.39, 0.29) is 29.5 Å². The van der Waals surface area contributed by atoms with E-state index in [4.69, 9.17) is 22.1 Å². The molecule has 1 atom stereocenters. The maximum absolute atomic E-state index is 11.3. The summed E-state index contributed by atoms with van der Waals surface area (Å²) in [5.41, 5.74) is 5.93. The van der Waals surface area contributed by atoms with Crippen LogP contribution in [0.25, 0.3) is 0 Å². The van der Waals surface area contributed by atoms with E-state index < -0.39 is 12.0 Å². The van der Waals surface area contributed by atoms with Crippen LogP contribution in [-0.4, -0.2) is 28.8 Å². The molecule has 6 heteroatoms. The number of benzene rings is 1. The first kappa shape index (κ1) is 13.6. The summed E-state index contributed by atoms with van der Waals surface area (Å²) in [5.74, 6) is -0.843. The quantitative estimate of drug-likeness (QED) is 0.558. The highest BCUT2D eigenvalue weighted by molar-refractivity contribution is 6.32. The van der Waals surface area contributed by atoms with Crippen LogP contribution in [0.15, 0.2) is 12.1 Å². The lowest BCUT2D eigenvalue weighted by Crippen LogP contribution is -2.34. The van der Waals surface area contributed by atoms with E-state index in [1.165, 1.54) is 12.1 Å². The highest BCUT2D eigenvalue weighted by Crippen LogP contribution is 2.31. The molecule has 0 fully saturated rings. The number of phenolic OH excluding ortho intramolecular Hbond substituents is 2. The second-order valence-corrected chi connectivity index (χ2v) is 3.90. The van der Waals surface area contributed by atoms with Crippen molar-refractivity contribution in [2.24, 2.45) is 5.73 Å². The Labute approximate surface area is 104 Å². The van der Waals surface area contributed by atoms with Crippen LogP contribution in [0.5, 0.6) is 11.5 Å². The fraction of sp³-hybridized carbons (Fsp3) is 0.364. The summed E-state index contributed by atoms with van der Waals surface area (Å²) in [7, 11) is 0. The molecule has 0 radical (unpaired) electrons. The first-order valence-electron chi connectivity index (χ1n) is 5.08. The molecular formula is C11H14ClNO4. The topological polar surface area (TPSA) is 92.8 Å². The summed E-state index contributed by atoms with van der Waals surface area (Å²) in [6.45, 7) is 1.92. The van der Waals surface area contributed by atoms with Gasteiger partial charge in [-0.1, -0.05) is 11.6 Å². The summed E-state index contributed by atoms with van der Waals surface area (Å²) in [6, 6.07) is 1.59. The van der Waals surface area contributed by atoms with Crippen LogP contribution in [0.2, 0.25) is 5.02 Å². The number of phenols is 2. The average Bonchev–Trinajstić information content (AvgIpc) is 2.26. The molecule has 0 aliphatic heterocycles. The summed E-state index contributed by atoms with van der Waals surface area (Å²) < 4.78 is 4.74. The monoisotopic (exact) mass is 259 g/mol. The summed E-state index contributed by atoms with van der Waals surface area (Å²) >= 11 is 5.60. The number of halogens is 1. The molecule has 0 saturated heterocycles. The molecule has 0 amide bonds. The number of rotatable bonds is 4. The number of carbonyl (C=O) groups excluding carboxylic acids is 1. The van der Waals surface area contributed by atoms with Crippen molar-refractivity contribution in [2.45, 2.75) is 19.4 Å². The van der Waals surface area contributed by atoms with Crippen molar-refractivity contribution < 1.29 is 19.7 Å². The molecule has 0 unspecified atom stereocenters.